The van der Waals surface area contributed by atoms with Gasteiger partial charge in [-0.25, -0.2) is 4.39 Å². The Kier molecular flexibility index (Phi) is 4.65. The first kappa shape index (κ1) is 15.3. The molecule has 1 aromatic rings. The van der Waals surface area contributed by atoms with Crippen LogP contribution in [0, 0.1) is 5.92 Å². The molecule has 0 bridgehead atoms. The second kappa shape index (κ2) is 6.10. The van der Waals surface area contributed by atoms with Crippen LogP contribution >= 0.6 is 0 Å². The first-order valence-electron chi connectivity index (χ1n) is 6.91. The van der Waals surface area contributed by atoms with Gasteiger partial charge < -0.3 is 14.0 Å². The Morgan fingerprint density at radius 3 is 2.80 bits per heavy atom. The van der Waals surface area contributed by atoms with Gasteiger partial charge in [0.25, 0.3) is 0 Å². The SMILES string of the molecule is CC(C)C1OB(c2cncc(OCCF)c2)OC1(C)C. The summed E-state index contributed by atoms with van der Waals surface area (Å²) in [6.45, 7) is 7.76. The van der Waals surface area contributed by atoms with Gasteiger partial charge in [0.15, 0.2) is 0 Å². The lowest BCUT2D eigenvalue weighted by Crippen LogP contribution is -2.37. The second-order valence-electron chi connectivity index (χ2n) is 5.85. The zero-order valence-corrected chi connectivity index (χ0v) is 12.4. The Morgan fingerprint density at radius 2 is 2.20 bits per heavy atom. The van der Waals surface area contributed by atoms with Gasteiger partial charge in [-0.1, -0.05) is 13.8 Å². The minimum absolute atomic E-state index is 0.0166. The molecule has 1 fully saturated rings. The molecule has 1 aliphatic heterocycles. The number of ether oxygens (including phenoxy) is 1. The van der Waals surface area contributed by atoms with E-state index in [2.05, 4.69) is 18.8 Å². The lowest BCUT2D eigenvalue weighted by Gasteiger charge is -2.28. The van der Waals surface area contributed by atoms with Crippen molar-refractivity contribution in [2.45, 2.75) is 39.4 Å². The second-order valence-corrected chi connectivity index (χ2v) is 5.85. The van der Waals surface area contributed by atoms with Crippen LogP contribution in [0.5, 0.6) is 5.75 Å². The number of halogens is 1. The molecule has 0 N–H and O–H groups in total. The molecule has 2 heterocycles. The van der Waals surface area contributed by atoms with Crippen LogP contribution in [0.2, 0.25) is 0 Å². The third-order valence-electron chi connectivity index (χ3n) is 3.32. The topological polar surface area (TPSA) is 40.6 Å². The summed E-state index contributed by atoms with van der Waals surface area (Å²) in [4.78, 5) is 4.09. The smallest absolute Gasteiger partial charge is 0.489 e. The van der Waals surface area contributed by atoms with Crippen LogP contribution in [0.1, 0.15) is 27.7 Å². The van der Waals surface area contributed by atoms with Crippen molar-refractivity contribution in [1.29, 1.82) is 0 Å². The van der Waals surface area contributed by atoms with Gasteiger partial charge in [0.2, 0.25) is 0 Å². The Labute approximate surface area is 119 Å². The fourth-order valence-corrected chi connectivity index (χ4v) is 2.57. The molecule has 0 spiro atoms. The van der Waals surface area contributed by atoms with Gasteiger partial charge in [0.05, 0.1) is 17.9 Å². The van der Waals surface area contributed by atoms with Gasteiger partial charge in [0, 0.05) is 11.7 Å². The molecule has 1 aromatic heterocycles. The fraction of sp³-hybridized carbons (Fsp3) is 0.643. The maximum absolute atomic E-state index is 12.1. The maximum Gasteiger partial charge on any atom is 0.496 e. The van der Waals surface area contributed by atoms with Crippen LogP contribution in [-0.2, 0) is 9.31 Å². The molecule has 1 atom stereocenters. The number of alkyl halides is 1. The number of nitrogens with zero attached hydrogens (tertiary/aromatic N) is 1. The Bertz CT molecular complexity index is 456. The van der Waals surface area contributed by atoms with Crippen LogP contribution in [-0.4, -0.2) is 37.1 Å². The molecule has 1 aliphatic rings. The molecular weight excluding hydrogens is 260 g/mol. The lowest BCUT2D eigenvalue weighted by atomic mass is 9.80. The monoisotopic (exact) mass is 281 g/mol. The molecule has 0 aliphatic carbocycles. The third kappa shape index (κ3) is 3.30. The number of hydrogen-bond donors (Lipinski definition) is 0. The molecule has 20 heavy (non-hydrogen) atoms. The summed E-state index contributed by atoms with van der Waals surface area (Å²) >= 11 is 0. The van der Waals surface area contributed by atoms with Crippen LogP contribution < -0.4 is 10.2 Å². The van der Waals surface area contributed by atoms with Gasteiger partial charge in [-0.15, -0.1) is 0 Å². The average Bonchev–Trinajstić information content (AvgIpc) is 2.73. The van der Waals surface area contributed by atoms with Crippen LogP contribution in [0.4, 0.5) is 4.39 Å². The van der Waals surface area contributed by atoms with Crippen molar-refractivity contribution in [3.05, 3.63) is 18.5 Å². The summed E-state index contributed by atoms with van der Waals surface area (Å²) < 4.78 is 29.3. The van der Waals surface area contributed by atoms with Crippen molar-refractivity contribution in [3.63, 3.8) is 0 Å². The van der Waals surface area contributed by atoms with Crippen molar-refractivity contribution >= 4 is 12.6 Å². The predicted octanol–water partition coefficient (Wildman–Crippen LogP) is 1.98. The van der Waals surface area contributed by atoms with Gasteiger partial charge in [-0.05, 0) is 25.8 Å². The fourth-order valence-electron chi connectivity index (χ4n) is 2.57. The average molecular weight is 281 g/mol. The number of pyridine rings is 1. The highest BCUT2D eigenvalue weighted by molar-refractivity contribution is 6.62. The van der Waals surface area contributed by atoms with Crippen molar-refractivity contribution in [2.24, 2.45) is 5.92 Å². The van der Waals surface area contributed by atoms with Gasteiger partial charge >= 0.3 is 7.12 Å². The zero-order valence-electron chi connectivity index (χ0n) is 12.4. The summed E-state index contributed by atoms with van der Waals surface area (Å²) in [6, 6.07) is 1.78. The van der Waals surface area contributed by atoms with E-state index < -0.39 is 13.8 Å². The minimum atomic E-state index is -0.525. The number of hydrogen-bond acceptors (Lipinski definition) is 4. The van der Waals surface area contributed by atoms with E-state index in [1.165, 1.54) is 0 Å². The Balaban J connectivity index is 2.13. The summed E-state index contributed by atoms with van der Waals surface area (Å²) in [5.74, 6) is 0.882. The van der Waals surface area contributed by atoms with Crippen LogP contribution in [0.25, 0.3) is 0 Å². The number of rotatable bonds is 5. The van der Waals surface area contributed by atoms with Gasteiger partial charge in [-0.3, -0.25) is 4.98 Å². The van der Waals surface area contributed by atoms with E-state index in [0.717, 1.165) is 5.46 Å². The summed E-state index contributed by atoms with van der Waals surface area (Å²) in [5.41, 5.74) is 0.437. The molecule has 0 amide bonds. The van der Waals surface area contributed by atoms with E-state index in [1.807, 2.05) is 13.8 Å². The van der Waals surface area contributed by atoms with Gasteiger partial charge in [-0.2, -0.15) is 0 Å². The third-order valence-corrected chi connectivity index (χ3v) is 3.32. The highest BCUT2D eigenvalue weighted by Crippen LogP contribution is 2.32. The lowest BCUT2D eigenvalue weighted by molar-refractivity contribution is 0.0438. The summed E-state index contributed by atoms with van der Waals surface area (Å²) in [5, 5.41) is 0. The summed E-state index contributed by atoms with van der Waals surface area (Å²) in [7, 11) is -0.459. The van der Waals surface area contributed by atoms with E-state index in [4.69, 9.17) is 14.0 Å². The molecule has 4 nitrogen and oxygen atoms in total. The zero-order chi connectivity index (χ0) is 14.8. The standard InChI is InChI=1S/C14H21BFNO3/c1-10(2)13-14(3,4)20-15(19-13)11-7-12(9-17-8-11)18-6-5-16/h7-10,13H,5-6H2,1-4H3. The Morgan fingerprint density at radius 1 is 1.45 bits per heavy atom. The molecule has 6 heteroatoms. The van der Waals surface area contributed by atoms with Crippen molar-refractivity contribution in [2.75, 3.05) is 13.3 Å². The first-order valence-corrected chi connectivity index (χ1v) is 6.91. The van der Waals surface area contributed by atoms with Crippen molar-refractivity contribution < 1.29 is 18.4 Å². The first-order chi connectivity index (χ1) is 9.44. The van der Waals surface area contributed by atoms with Crippen molar-refractivity contribution in [1.82, 2.24) is 4.98 Å². The normalized spacial score (nSPS) is 21.5. The molecule has 2 rings (SSSR count). The van der Waals surface area contributed by atoms with E-state index in [9.17, 15) is 4.39 Å². The molecule has 0 radical (unpaired) electrons. The van der Waals surface area contributed by atoms with E-state index in [0.29, 0.717) is 11.7 Å². The largest absolute Gasteiger partial charge is 0.496 e. The van der Waals surface area contributed by atoms with Crippen LogP contribution in [0.15, 0.2) is 18.5 Å². The molecule has 1 unspecified atom stereocenters. The quantitative estimate of drug-likeness (QED) is 0.774. The van der Waals surface area contributed by atoms with Crippen molar-refractivity contribution in [3.8, 4) is 5.75 Å². The Hall–Kier alpha value is -1.14. The maximum atomic E-state index is 12.1. The molecule has 0 saturated carbocycles. The number of aromatic nitrogens is 1. The highest BCUT2D eigenvalue weighted by Gasteiger charge is 2.47. The summed E-state index contributed by atoms with van der Waals surface area (Å²) in [6.07, 6.45) is 3.26. The van der Waals surface area contributed by atoms with E-state index >= 15 is 0 Å². The highest BCUT2D eigenvalue weighted by atomic mass is 19.1. The van der Waals surface area contributed by atoms with E-state index in [1.54, 1.807) is 18.5 Å². The molecule has 0 aromatic carbocycles. The molecule has 1 saturated heterocycles. The molecular formula is C14H21BFNO3. The van der Waals surface area contributed by atoms with Crippen LogP contribution in [0.3, 0.4) is 0 Å². The minimum Gasteiger partial charge on any atom is -0.489 e. The van der Waals surface area contributed by atoms with E-state index in [-0.39, 0.29) is 18.3 Å². The molecule has 110 valence electrons. The predicted molar refractivity (Wildman–Crippen MR) is 76.0 cm³/mol. The van der Waals surface area contributed by atoms with Gasteiger partial charge in [0.1, 0.15) is 19.0 Å².